The van der Waals surface area contributed by atoms with Crippen LogP contribution in [0.3, 0.4) is 0 Å². The van der Waals surface area contributed by atoms with E-state index < -0.39 is 0 Å². The van der Waals surface area contributed by atoms with Crippen LogP contribution in [0.1, 0.15) is 27.8 Å². The Bertz CT molecular complexity index is 1190. The van der Waals surface area contributed by atoms with E-state index in [9.17, 15) is 0 Å². The van der Waals surface area contributed by atoms with Crippen molar-refractivity contribution in [3.63, 3.8) is 0 Å². The van der Waals surface area contributed by atoms with Crippen molar-refractivity contribution in [3.05, 3.63) is 137 Å². The van der Waals surface area contributed by atoms with E-state index in [-0.39, 0.29) is 0 Å². The predicted octanol–water partition coefficient (Wildman–Crippen LogP) is 8.81. The van der Waals surface area contributed by atoms with Gasteiger partial charge in [0.1, 0.15) is 0 Å². The maximum atomic E-state index is 2.34. The first kappa shape index (κ1) is 21.4. The van der Waals surface area contributed by atoms with E-state index in [1.807, 2.05) is 0 Å². The summed E-state index contributed by atoms with van der Waals surface area (Å²) in [7, 11) is 0. The molecule has 0 saturated heterocycles. The van der Waals surface area contributed by atoms with Crippen molar-refractivity contribution in [2.24, 2.45) is 0 Å². The first-order valence-corrected chi connectivity index (χ1v) is 11.0. The third-order valence-electron chi connectivity index (χ3n) is 5.59. The second-order valence-electron chi connectivity index (χ2n) is 8.13. The maximum absolute atomic E-state index is 2.34. The fourth-order valence-electron chi connectivity index (χ4n) is 3.89. The summed E-state index contributed by atoms with van der Waals surface area (Å²) in [4.78, 5) is 2.34. The van der Waals surface area contributed by atoms with Crippen LogP contribution < -0.4 is 4.90 Å². The van der Waals surface area contributed by atoms with Crippen molar-refractivity contribution >= 4 is 29.2 Å². The zero-order valence-electron chi connectivity index (χ0n) is 19.0. The number of anilines is 3. The zero-order valence-corrected chi connectivity index (χ0v) is 19.0. The van der Waals surface area contributed by atoms with Gasteiger partial charge in [0.25, 0.3) is 0 Å². The Hall–Kier alpha value is -3.84. The SMILES string of the molecule is Cc1ccc(/C=C/C=C/c2ccc(N(c3ccccc3)c3c(C)cccc3C)cc2)cc1. The van der Waals surface area contributed by atoms with Gasteiger partial charge in [-0.3, -0.25) is 0 Å². The van der Waals surface area contributed by atoms with Crippen LogP contribution in [0.2, 0.25) is 0 Å². The lowest BCUT2D eigenvalue weighted by Gasteiger charge is -2.28. The lowest BCUT2D eigenvalue weighted by atomic mass is 10.1. The van der Waals surface area contributed by atoms with Gasteiger partial charge in [-0.2, -0.15) is 0 Å². The summed E-state index contributed by atoms with van der Waals surface area (Å²) in [5, 5.41) is 0. The van der Waals surface area contributed by atoms with Crippen LogP contribution in [0, 0.1) is 20.8 Å². The molecular formula is C31H29N. The zero-order chi connectivity index (χ0) is 22.3. The van der Waals surface area contributed by atoms with Crippen LogP contribution in [0.15, 0.2) is 109 Å². The molecule has 0 spiro atoms. The van der Waals surface area contributed by atoms with Crippen LogP contribution in [0.4, 0.5) is 17.1 Å². The number of aryl methyl sites for hydroxylation is 3. The van der Waals surface area contributed by atoms with Crippen molar-refractivity contribution < 1.29 is 0 Å². The molecule has 0 unspecified atom stereocenters. The smallest absolute Gasteiger partial charge is 0.0519 e. The minimum absolute atomic E-state index is 1.15. The Morgan fingerprint density at radius 2 is 1.00 bits per heavy atom. The second-order valence-corrected chi connectivity index (χ2v) is 8.13. The third-order valence-corrected chi connectivity index (χ3v) is 5.59. The summed E-state index contributed by atoms with van der Waals surface area (Å²) in [5.41, 5.74) is 9.75. The Morgan fingerprint density at radius 3 is 1.56 bits per heavy atom. The van der Waals surface area contributed by atoms with E-state index in [0.29, 0.717) is 0 Å². The van der Waals surface area contributed by atoms with Gasteiger partial charge < -0.3 is 4.90 Å². The molecule has 0 fully saturated rings. The van der Waals surface area contributed by atoms with Gasteiger partial charge in [-0.15, -0.1) is 0 Å². The fraction of sp³-hybridized carbons (Fsp3) is 0.0968. The normalized spacial score (nSPS) is 11.3. The van der Waals surface area contributed by atoms with Crippen molar-refractivity contribution in [2.45, 2.75) is 20.8 Å². The average molecular weight is 416 g/mol. The molecule has 0 radical (unpaired) electrons. The van der Waals surface area contributed by atoms with Gasteiger partial charge in [0.2, 0.25) is 0 Å². The van der Waals surface area contributed by atoms with Gasteiger partial charge >= 0.3 is 0 Å². The lowest BCUT2D eigenvalue weighted by molar-refractivity contribution is 1.22. The number of para-hydroxylation sites is 2. The molecular weight excluding hydrogens is 386 g/mol. The Labute approximate surface area is 192 Å². The number of nitrogens with zero attached hydrogens (tertiary/aromatic N) is 1. The molecule has 0 aliphatic rings. The Morgan fingerprint density at radius 1 is 0.500 bits per heavy atom. The molecule has 0 aliphatic heterocycles. The number of hydrogen-bond acceptors (Lipinski definition) is 1. The molecule has 0 aromatic heterocycles. The standard InChI is InChI=1S/C31H29N/c1-24-16-18-27(19-17-24)12-7-8-13-28-20-22-30(23-21-28)32(29-14-5-4-6-15-29)31-25(2)10-9-11-26(31)3/h4-23H,1-3H3/b12-7+,13-8+. The predicted molar refractivity (Wildman–Crippen MR) is 140 cm³/mol. The van der Waals surface area contributed by atoms with E-state index in [1.165, 1.54) is 33.5 Å². The molecule has 0 atom stereocenters. The molecule has 0 N–H and O–H groups in total. The molecule has 0 amide bonds. The van der Waals surface area contributed by atoms with Crippen LogP contribution in [-0.2, 0) is 0 Å². The molecule has 32 heavy (non-hydrogen) atoms. The highest BCUT2D eigenvalue weighted by Crippen LogP contribution is 2.38. The monoisotopic (exact) mass is 415 g/mol. The van der Waals surface area contributed by atoms with Crippen molar-refractivity contribution in [1.82, 2.24) is 0 Å². The molecule has 4 aromatic rings. The van der Waals surface area contributed by atoms with Crippen LogP contribution in [-0.4, -0.2) is 0 Å². The molecule has 1 nitrogen and oxygen atoms in total. The topological polar surface area (TPSA) is 3.24 Å². The van der Waals surface area contributed by atoms with Crippen LogP contribution >= 0.6 is 0 Å². The highest BCUT2D eigenvalue weighted by Gasteiger charge is 2.16. The molecule has 1 heteroatoms. The van der Waals surface area contributed by atoms with Crippen LogP contribution in [0.25, 0.3) is 12.2 Å². The van der Waals surface area contributed by atoms with Crippen molar-refractivity contribution in [3.8, 4) is 0 Å². The van der Waals surface area contributed by atoms with Gasteiger partial charge in [-0.1, -0.05) is 103 Å². The van der Waals surface area contributed by atoms with Gasteiger partial charge in [-0.25, -0.2) is 0 Å². The summed E-state index contributed by atoms with van der Waals surface area (Å²) < 4.78 is 0. The largest absolute Gasteiger partial charge is 0.310 e. The van der Waals surface area contributed by atoms with E-state index in [2.05, 4.69) is 147 Å². The van der Waals surface area contributed by atoms with Gasteiger partial charge in [0.15, 0.2) is 0 Å². The van der Waals surface area contributed by atoms with Gasteiger partial charge in [-0.05, 0) is 67.3 Å². The summed E-state index contributed by atoms with van der Waals surface area (Å²) in [6.07, 6.45) is 8.45. The number of allylic oxidation sites excluding steroid dienone is 2. The summed E-state index contributed by atoms with van der Waals surface area (Å²) in [6.45, 7) is 6.46. The van der Waals surface area contributed by atoms with Crippen LogP contribution in [0.5, 0.6) is 0 Å². The minimum atomic E-state index is 1.15. The molecule has 0 heterocycles. The third kappa shape index (κ3) is 5.07. The van der Waals surface area contributed by atoms with Gasteiger partial charge in [0, 0.05) is 11.4 Å². The van der Waals surface area contributed by atoms with E-state index in [1.54, 1.807) is 0 Å². The molecule has 0 bridgehead atoms. The van der Waals surface area contributed by atoms with E-state index >= 15 is 0 Å². The number of rotatable bonds is 6. The minimum Gasteiger partial charge on any atom is -0.310 e. The number of benzene rings is 4. The fourth-order valence-corrected chi connectivity index (χ4v) is 3.89. The van der Waals surface area contributed by atoms with E-state index in [4.69, 9.17) is 0 Å². The summed E-state index contributed by atoms with van der Waals surface area (Å²) in [5.74, 6) is 0. The first-order chi connectivity index (χ1) is 15.6. The summed E-state index contributed by atoms with van der Waals surface area (Å²) in [6, 6.07) is 34.3. The Kier molecular flexibility index (Phi) is 6.67. The molecule has 4 aromatic carbocycles. The molecule has 158 valence electrons. The number of hydrogen-bond donors (Lipinski definition) is 0. The maximum Gasteiger partial charge on any atom is 0.0519 e. The molecule has 4 rings (SSSR count). The lowest BCUT2D eigenvalue weighted by Crippen LogP contribution is -2.12. The molecule has 0 aliphatic carbocycles. The van der Waals surface area contributed by atoms with Gasteiger partial charge in [0.05, 0.1) is 5.69 Å². The second kappa shape index (κ2) is 9.98. The summed E-state index contributed by atoms with van der Waals surface area (Å²) >= 11 is 0. The quantitative estimate of drug-likeness (QED) is 0.284. The Balaban J connectivity index is 1.59. The molecule has 0 saturated carbocycles. The average Bonchev–Trinajstić information content (AvgIpc) is 2.82. The van der Waals surface area contributed by atoms with Crippen molar-refractivity contribution in [1.29, 1.82) is 0 Å². The van der Waals surface area contributed by atoms with E-state index in [0.717, 1.165) is 11.4 Å². The first-order valence-electron chi connectivity index (χ1n) is 11.0. The highest BCUT2D eigenvalue weighted by molar-refractivity contribution is 5.80. The highest BCUT2D eigenvalue weighted by atomic mass is 15.1. The van der Waals surface area contributed by atoms with Crippen molar-refractivity contribution in [2.75, 3.05) is 4.90 Å².